The van der Waals surface area contributed by atoms with Gasteiger partial charge in [0.2, 0.25) is 5.78 Å². The molecule has 0 saturated carbocycles. The zero-order valence-electron chi connectivity index (χ0n) is 11.8. The first kappa shape index (κ1) is 15.4. The maximum atomic E-state index is 12.8. The number of hydrogen-bond donors (Lipinski definition) is 0. The number of aromatic nitrogens is 2. The van der Waals surface area contributed by atoms with E-state index >= 15 is 0 Å². The molecule has 5 heteroatoms. The lowest BCUT2D eigenvalue weighted by molar-refractivity contribution is 0.0596. The molecule has 0 spiro atoms. The molecule has 0 aliphatic heterocycles. The Morgan fingerprint density at radius 1 is 1.44 bits per heavy atom. The average Bonchev–Trinajstić information content (AvgIpc) is 2.69. The Kier molecular flexibility index (Phi) is 5.10. The molecule has 1 aromatic heterocycles. The van der Waals surface area contributed by atoms with Gasteiger partial charge in [0, 0.05) is 7.05 Å². The molecule has 102 valence electrons. The fourth-order valence-corrected chi connectivity index (χ4v) is 2.90. The van der Waals surface area contributed by atoms with Crippen molar-refractivity contribution in [1.29, 1.82) is 0 Å². The number of carbonyl (C=O) groups is 1. The van der Waals surface area contributed by atoms with E-state index < -0.39 is 5.54 Å². The summed E-state index contributed by atoms with van der Waals surface area (Å²) in [5, 5.41) is 4.13. The van der Waals surface area contributed by atoms with Crippen LogP contribution in [0.4, 0.5) is 0 Å². The molecule has 1 unspecified atom stereocenters. The van der Waals surface area contributed by atoms with Gasteiger partial charge in [-0.15, -0.1) is 0 Å². The molecule has 0 N–H and O–H groups in total. The number of ketones is 1. The van der Waals surface area contributed by atoms with Crippen LogP contribution in [-0.2, 0) is 7.05 Å². The lowest BCUT2D eigenvalue weighted by Gasteiger charge is -2.38. The van der Waals surface area contributed by atoms with Gasteiger partial charge < -0.3 is 0 Å². The van der Waals surface area contributed by atoms with E-state index in [0.717, 1.165) is 24.0 Å². The summed E-state index contributed by atoms with van der Waals surface area (Å²) >= 11 is 3.41. The van der Waals surface area contributed by atoms with Crippen LogP contribution in [0.5, 0.6) is 0 Å². The van der Waals surface area contributed by atoms with Crippen LogP contribution in [0, 0.1) is 0 Å². The highest BCUT2D eigenvalue weighted by Gasteiger charge is 2.39. The third-order valence-electron chi connectivity index (χ3n) is 3.75. The summed E-state index contributed by atoms with van der Waals surface area (Å²) < 4.78 is 2.41. The third kappa shape index (κ3) is 2.52. The summed E-state index contributed by atoms with van der Waals surface area (Å²) in [7, 11) is 1.80. The van der Waals surface area contributed by atoms with E-state index in [4.69, 9.17) is 0 Å². The smallest absolute Gasteiger partial charge is 0.201 e. The summed E-state index contributed by atoms with van der Waals surface area (Å²) in [6.45, 7) is 9.97. The van der Waals surface area contributed by atoms with Crippen molar-refractivity contribution in [3.8, 4) is 0 Å². The van der Waals surface area contributed by atoms with Gasteiger partial charge in [0.25, 0.3) is 0 Å². The lowest BCUT2D eigenvalue weighted by Crippen LogP contribution is -2.52. The topological polar surface area (TPSA) is 38.1 Å². The Bertz CT molecular complexity index is 406. The quantitative estimate of drug-likeness (QED) is 0.758. The van der Waals surface area contributed by atoms with Gasteiger partial charge in [-0.25, -0.2) is 0 Å². The molecule has 0 aromatic carbocycles. The van der Waals surface area contributed by atoms with Crippen molar-refractivity contribution in [2.24, 2.45) is 7.05 Å². The molecule has 0 bridgehead atoms. The van der Waals surface area contributed by atoms with Crippen molar-refractivity contribution < 1.29 is 4.79 Å². The summed E-state index contributed by atoms with van der Waals surface area (Å²) in [4.78, 5) is 15.0. The summed E-state index contributed by atoms with van der Waals surface area (Å²) in [6.07, 6.45) is 2.46. The molecule has 1 rings (SSSR count). The number of hydrogen-bond acceptors (Lipinski definition) is 3. The number of Topliss-reactive ketones (excluding diaryl/α,β-unsaturated/α-hetero) is 1. The molecule has 0 amide bonds. The summed E-state index contributed by atoms with van der Waals surface area (Å²) in [5.74, 6) is 0.126. The van der Waals surface area contributed by atoms with Crippen LogP contribution in [0.15, 0.2) is 10.7 Å². The van der Waals surface area contributed by atoms with Crippen LogP contribution >= 0.6 is 15.9 Å². The van der Waals surface area contributed by atoms with E-state index in [1.165, 1.54) is 0 Å². The van der Waals surface area contributed by atoms with E-state index in [1.807, 2.05) is 6.92 Å². The van der Waals surface area contributed by atoms with Crippen molar-refractivity contribution in [3.05, 3.63) is 16.4 Å². The first-order chi connectivity index (χ1) is 8.42. The minimum absolute atomic E-state index is 0.126. The molecule has 4 nitrogen and oxygen atoms in total. The normalized spacial score (nSPS) is 14.8. The highest BCUT2D eigenvalue weighted by molar-refractivity contribution is 9.10. The molecule has 0 radical (unpaired) electrons. The second kappa shape index (κ2) is 5.97. The minimum atomic E-state index is -0.472. The van der Waals surface area contributed by atoms with Gasteiger partial charge in [0.15, 0.2) is 0 Å². The van der Waals surface area contributed by atoms with E-state index in [0.29, 0.717) is 5.69 Å². The largest absolute Gasteiger partial charge is 0.291 e. The molecule has 1 heterocycles. The van der Waals surface area contributed by atoms with E-state index in [9.17, 15) is 4.79 Å². The maximum Gasteiger partial charge on any atom is 0.201 e. The lowest BCUT2D eigenvalue weighted by atomic mass is 9.89. The summed E-state index contributed by atoms with van der Waals surface area (Å²) in [5.41, 5.74) is 0.172. The van der Waals surface area contributed by atoms with Crippen molar-refractivity contribution in [3.63, 3.8) is 0 Å². The van der Waals surface area contributed by atoms with Gasteiger partial charge in [-0.1, -0.05) is 20.8 Å². The SMILES string of the molecule is CCN(CC)C(C)(CC)C(=O)c1c(Br)cnn1C. The average molecular weight is 316 g/mol. The Morgan fingerprint density at radius 3 is 2.33 bits per heavy atom. The van der Waals surface area contributed by atoms with Gasteiger partial charge in [-0.05, 0) is 42.4 Å². The van der Waals surface area contributed by atoms with Gasteiger partial charge in [-0.3, -0.25) is 14.4 Å². The zero-order valence-corrected chi connectivity index (χ0v) is 13.4. The standard InChI is InChI=1S/C13H22BrN3O/c1-6-13(4,17(7-2)8-3)12(18)11-10(14)9-15-16(11)5/h9H,6-8H2,1-5H3. The van der Waals surface area contributed by atoms with Crippen LogP contribution < -0.4 is 0 Å². The Balaban J connectivity index is 3.21. The first-order valence-electron chi connectivity index (χ1n) is 6.39. The second-order valence-electron chi connectivity index (χ2n) is 4.59. The predicted molar refractivity (Wildman–Crippen MR) is 76.9 cm³/mol. The molecule has 18 heavy (non-hydrogen) atoms. The molecule has 1 atom stereocenters. The summed E-state index contributed by atoms with van der Waals surface area (Å²) in [6, 6.07) is 0. The maximum absolute atomic E-state index is 12.8. The fourth-order valence-electron chi connectivity index (χ4n) is 2.37. The first-order valence-corrected chi connectivity index (χ1v) is 7.18. The third-order valence-corrected chi connectivity index (χ3v) is 4.33. The Labute approximate surface area is 117 Å². The van der Waals surface area contributed by atoms with Crippen LogP contribution in [0.2, 0.25) is 0 Å². The van der Waals surface area contributed by atoms with Gasteiger partial charge >= 0.3 is 0 Å². The fraction of sp³-hybridized carbons (Fsp3) is 0.692. The highest BCUT2D eigenvalue weighted by Crippen LogP contribution is 2.27. The minimum Gasteiger partial charge on any atom is -0.291 e. The molecule has 0 aliphatic carbocycles. The molecule has 0 aliphatic rings. The molecule has 0 fully saturated rings. The van der Waals surface area contributed by atoms with Crippen LogP contribution in [-0.4, -0.2) is 39.1 Å². The Hall–Kier alpha value is -0.680. The van der Waals surface area contributed by atoms with Gasteiger partial charge in [-0.2, -0.15) is 5.10 Å². The number of carbonyl (C=O) groups excluding carboxylic acids is 1. The van der Waals surface area contributed by atoms with Crippen molar-refractivity contribution in [1.82, 2.24) is 14.7 Å². The van der Waals surface area contributed by atoms with Crippen molar-refractivity contribution in [2.45, 2.75) is 39.7 Å². The van der Waals surface area contributed by atoms with E-state index in [1.54, 1.807) is 17.9 Å². The number of likely N-dealkylation sites (N-methyl/N-ethyl adjacent to an activating group) is 1. The van der Waals surface area contributed by atoms with E-state index in [2.05, 4.69) is 46.7 Å². The van der Waals surface area contributed by atoms with E-state index in [-0.39, 0.29) is 5.78 Å². The van der Waals surface area contributed by atoms with Crippen molar-refractivity contribution in [2.75, 3.05) is 13.1 Å². The number of rotatable bonds is 6. The number of halogens is 1. The number of aryl methyl sites for hydroxylation is 1. The number of nitrogens with zero attached hydrogens (tertiary/aromatic N) is 3. The van der Waals surface area contributed by atoms with Gasteiger partial charge in [0.05, 0.1) is 16.2 Å². The zero-order chi connectivity index (χ0) is 13.9. The molecule has 1 aromatic rings. The van der Waals surface area contributed by atoms with Crippen LogP contribution in [0.3, 0.4) is 0 Å². The van der Waals surface area contributed by atoms with Gasteiger partial charge in [0.1, 0.15) is 5.69 Å². The molecule has 0 saturated heterocycles. The molecular weight excluding hydrogens is 294 g/mol. The Morgan fingerprint density at radius 2 is 2.00 bits per heavy atom. The van der Waals surface area contributed by atoms with Crippen LogP contribution in [0.25, 0.3) is 0 Å². The second-order valence-corrected chi connectivity index (χ2v) is 5.45. The van der Waals surface area contributed by atoms with Crippen molar-refractivity contribution >= 4 is 21.7 Å². The monoisotopic (exact) mass is 315 g/mol. The van der Waals surface area contributed by atoms with Crippen LogP contribution in [0.1, 0.15) is 44.6 Å². The highest BCUT2D eigenvalue weighted by atomic mass is 79.9. The predicted octanol–water partition coefficient (Wildman–Crippen LogP) is 2.88. The molecular formula is C13H22BrN3O.